The number of aromatic nitrogens is 1. The summed E-state index contributed by atoms with van der Waals surface area (Å²) in [5, 5.41) is 0.177. The molecule has 106 valence electrons. The molecule has 0 amide bonds. The van der Waals surface area contributed by atoms with Crippen molar-refractivity contribution in [2.75, 3.05) is 13.2 Å². The second-order valence-corrected chi connectivity index (χ2v) is 6.62. The van der Waals surface area contributed by atoms with Gasteiger partial charge < -0.3 is 4.74 Å². The molecule has 0 aromatic carbocycles. The molecule has 1 unspecified atom stereocenters. The van der Waals surface area contributed by atoms with Crippen molar-refractivity contribution in [1.29, 1.82) is 0 Å². The van der Waals surface area contributed by atoms with Crippen LogP contribution >= 0.6 is 11.6 Å². The van der Waals surface area contributed by atoms with Crippen molar-refractivity contribution < 1.29 is 13.2 Å². The number of pyridine rings is 1. The number of nitrogens with one attached hydrogen (secondary N) is 1. The lowest BCUT2D eigenvalue weighted by Crippen LogP contribution is -2.29. The third-order valence-electron chi connectivity index (χ3n) is 3.06. The van der Waals surface area contributed by atoms with E-state index in [-0.39, 0.29) is 16.0 Å². The van der Waals surface area contributed by atoms with Crippen molar-refractivity contribution in [3.05, 3.63) is 23.5 Å². The highest BCUT2D eigenvalue weighted by atomic mass is 35.5. The molecule has 1 aromatic rings. The van der Waals surface area contributed by atoms with Crippen molar-refractivity contribution in [3.63, 3.8) is 0 Å². The minimum atomic E-state index is -3.59. The molecule has 1 aromatic heterocycles. The van der Waals surface area contributed by atoms with Crippen LogP contribution < -0.4 is 4.72 Å². The van der Waals surface area contributed by atoms with Gasteiger partial charge in [0, 0.05) is 25.5 Å². The summed E-state index contributed by atoms with van der Waals surface area (Å²) in [7, 11) is -3.59. The van der Waals surface area contributed by atoms with Gasteiger partial charge in [0.1, 0.15) is 4.90 Å². The van der Waals surface area contributed by atoms with Crippen LogP contribution in [0.3, 0.4) is 0 Å². The predicted octanol–water partition coefficient (Wildman–Crippen LogP) is 1.97. The Hall–Kier alpha value is -0.690. The van der Waals surface area contributed by atoms with E-state index in [1.54, 1.807) is 0 Å². The van der Waals surface area contributed by atoms with E-state index in [9.17, 15) is 8.42 Å². The van der Waals surface area contributed by atoms with Gasteiger partial charge in [-0.25, -0.2) is 13.1 Å². The Kier molecular flexibility index (Phi) is 5.15. The lowest BCUT2D eigenvalue weighted by Gasteiger charge is -2.22. The molecule has 0 spiro atoms. The number of halogens is 1. The number of hydrogen-bond acceptors (Lipinski definition) is 4. The van der Waals surface area contributed by atoms with Gasteiger partial charge in [-0.2, -0.15) is 0 Å². The first-order valence-corrected chi connectivity index (χ1v) is 8.16. The molecule has 0 radical (unpaired) electrons. The van der Waals surface area contributed by atoms with Crippen LogP contribution in [0.2, 0.25) is 5.02 Å². The van der Waals surface area contributed by atoms with E-state index in [2.05, 4.69) is 9.71 Å². The Balaban J connectivity index is 1.89. The number of ether oxygens (including phenoxy) is 1. The molecule has 1 aliphatic heterocycles. The molecular formula is C12H17ClN2O3S. The Morgan fingerprint density at radius 3 is 3.00 bits per heavy atom. The number of rotatable bonds is 5. The van der Waals surface area contributed by atoms with Gasteiger partial charge in [0.2, 0.25) is 10.0 Å². The average Bonchev–Trinajstić information content (AvgIpc) is 2.40. The lowest BCUT2D eigenvalue weighted by atomic mass is 10.1. The monoisotopic (exact) mass is 304 g/mol. The summed E-state index contributed by atoms with van der Waals surface area (Å²) in [4.78, 5) is 3.80. The van der Waals surface area contributed by atoms with Crippen molar-refractivity contribution in [1.82, 2.24) is 9.71 Å². The van der Waals surface area contributed by atoms with Crippen LogP contribution in [0.4, 0.5) is 0 Å². The molecule has 0 saturated carbocycles. The number of hydrogen-bond donors (Lipinski definition) is 1. The molecule has 7 heteroatoms. The molecule has 1 atom stereocenters. The van der Waals surface area contributed by atoms with E-state index in [0.717, 1.165) is 25.9 Å². The zero-order chi connectivity index (χ0) is 13.7. The van der Waals surface area contributed by atoms with Crippen LogP contribution in [0.15, 0.2) is 23.4 Å². The number of nitrogens with zero attached hydrogens (tertiary/aromatic N) is 1. The molecular weight excluding hydrogens is 288 g/mol. The molecule has 0 bridgehead atoms. The maximum absolute atomic E-state index is 12.0. The summed E-state index contributed by atoms with van der Waals surface area (Å²) in [5.74, 6) is 0. The summed E-state index contributed by atoms with van der Waals surface area (Å²) in [6.45, 7) is 1.12. The summed E-state index contributed by atoms with van der Waals surface area (Å²) in [6.07, 6.45) is 6.77. The van der Waals surface area contributed by atoms with Crippen LogP contribution in [-0.2, 0) is 14.8 Å². The van der Waals surface area contributed by atoms with E-state index < -0.39 is 10.0 Å². The van der Waals surface area contributed by atoms with E-state index in [1.807, 2.05) is 0 Å². The molecule has 2 heterocycles. The number of sulfonamides is 1. The SMILES string of the molecule is O=S(=O)(NCCC1CCCCO1)c1cnccc1Cl. The van der Waals surface area contributed by atoms with Gasteiger partial charge in [-0.1, -0.05) is 11.6 Å². The van der Waals surface area contributed by atoms with Crippen LogP contribution in [0.5, 0.6) is 0 Å². The summed E-state index contributed by atoms with van der Waals surface area (Å²) in [5.41, 5.74) is 0. The molecule has 5 nitrogen and oxygen atoms in total. The third-order valence-corrected chi connectivity index (χ3v) is 4.99. The van der Waals surface area contributed by atoms with Gasteiger partial charge in [-0.3, -0.25) is 4.98 Å². The van der Waals surface area contributed by atoms with Crippen LogP contribution in [0, 0.1) is 0 Å². The smallest absolute Gasteiger partial charge is 0.243 e. The van der Waals surface area contributed by atoms with Crippen LogP contribution in [-0.4, -0.2) is 32.7 Å². The van der Waals surface area contributed by atoms with Gasteiger partial charge >= 0.3 is 0 Å². The highest BCUT2D eigenvalue weighted by Crippen LogP contribution is 2.19. The molecule has 19 heavy (non-hydrogen) atoms. The van der Waals surface area contributed by atoms with E-state index in [0.29, 0.717) is 13.0 Å². The molecule has 2 rings (SSSR count). The summed E-state index contributed by atoms with van der Waals surface area (Å²) < 4.78 is 32.1. The fraction of sp³-hybridized carbons (Fsp3) is 0.583. The van der Waals surface area contributed by atoms with Crippen molar-refractivity contribution in [2.24, 2.45) is 0 Å². The maximum Gasteiger partial charge on any atom is 0.243 e. The van der Waals surface area contributed by atoms with E-state index >= 15 is 0 Å². The Bertz CT molecular complexity index is 515. The van der Waals surface area contributed by atoms with Gasteiger partial charge in [0.25, 0.3) is 0 Å². The normalized spacial score (nSPS) is 20.4. The van der Waals surface area contributed by atoms with Crippen molar-refractivity contribution in [2.45, 2.75) is 36.7 Å². The summed E-state index contributed by atoms with van der Waals surface area (Å²) >= 11 is 5.85. The molecule has 0 aliphatic carbocycles. The minimum absolute atomic E-state index is 0.0150. The minimum Gasteiger partial charge on any atom is -0.378 e. The van der Waals surface area contributed by atoms with Gasteiger partial charge in [0.15, 0.2) is 0 Å². The van der Waals surface area contributed by atoms with Crippen LogP contribution in [0.25, 0.3) is 0 Å². The fourth-order valence-electron chi connectivity index (χ4n) is 2.03. The second-order valence-electron chi connectivity index (χ2n) is 4.48. The van der Waals surface area contributed by atoms with Crippen LogP contribution in [0.1, 0.15) is 25.7 Å². The van der Waals surface area contributed by atoms with E-state index in [1.165, 1.54) is 18.5 Å². The van der Waals surface area contributed by atoms with E-state index in [4.69, 9.17) is 16.3 Å². The largest absolute Gasteiger partial charge is 0.378 e. The molecule has 1 N–H and O–H groups in total. The first-order valence-electron chi connectivity index (χ1n) is 6.30. The van der Waals surface area contributed by atoms with Gasteiger partial charge in [-0.15, -0.1) is 0 Å². The molecule has 1 fully saturated rings. The first-order chi connectivity index (χ1) is 9.09. The lowest BCUT2D eigenvalue weighted by molar-refractivity contribution is 0.0123. The Labute approximate surface area is 118 Å². The van der Waals surface area contributed by atoms with Crippen molar-refractivity contribution >= 4 is 21.6 Å². The second kappa shape index (κ2) is 6.65. The third kappa shape index (κ3) is 4.14. The highest BCUT2D eigenvalue weighted by Gasteiger charge is 2.19. The highest BCUT2D eigenvalue weighted by molar-refractivity contribution is 7.89. The fourth-order valence-corrected chi connectivity index (χ4v) is 3.50. The first kappa shape index (κ1) is 14.7. The molecule has 1 aliphatic rings. The zero-order valence-corrected chi connectivity index (χ0v) is 12.1. The quantitative estimate of drug-likeness (QED) is 0.903. The predicted molar refractivity (Wildman–Crippen MR) is 72.6 cm³/mol. The topological polar surface area (TPSA) is 68.3 Å². The summed E-state index contributed by atoms with van der Waals surface area (Å²) in [6, 6.07) is 1.46. The molecule has 1 saturated heterocycles. The van der Waals surface area contributed by atoms with Gasteiger partial charge in [0.05, 0.1) is 11.1 Å². The van der Waals surface area contributed by atoms with Gasteiger partial charge in [-0.05, 0) is 31.7 Å². The maximum atomic E-state index is 12.0. The Morgan fingerprint density at radius 1 is 1.47 bits per heavy atom. The average molecular weight is 305 g/mol. The Morgan fingerprint density at radius 2 is 2.32 bits per heavy atom. The zero-order valence-electron chi connectivity index (χ0n) is 10.5. The van der Waals surface area contributed by atoms with Crippen molar-refractivity contribution in [3.8, 4) is 0 Å². The standard InChI is InChI=1S/C12H17ClN2O3S/c13-11-5-6-14-9-12(11)19(16,17)15-7-4-10-3-1-2-8-18-10/h5-6,9-10,15H,1-4,7-8H2.